The van der Waals surface area contributed by atoms with Crippen LogP contribution in [0.1, 0.15) is 92.7 Å². The van der Waals surface area contributed by atoms with Crippen LogP contribution >= 0.6 is 0 Å². The second-order valence-corrected chi connectivity index (χ2v) is 15.9. The third kappa shape index (κ3) is 6.44. The predicted octanol–water partition coefficient (Wildman–Crippen LogP) is 6.33. The zero-order valence-electron chi connectivity index (χ0n) is 32.2. The van der Waals surface area contributed by atoms with Crippen LogP contribution in [-0.2, 0) is 49.3 Å². The van der Waals surface area contributed by atoms with E-state index in [9.17, 15) is 24.3 Å². The first-order chi connectivity index (χ1) is 24.4. The molecular weight excluding hydrogens is 664 g/mol. The van der Waals surface area contributed by atoms with Gasteiger partial charge < -0.3 is 28.8 Å². The van der Waals surface area contributed by atoms with Crippen molar-refractivity contribution in [3.63, 3.8) is 0 Å². The number of aliphatic hydroxyl groups is 1. The van der Waals surface area contributed by atoms with Gasteiger partial charge in [0, 0.05) is 51.4 Å². The number of aryl methyl sites for hydroxylation is 1. The van der Waals surface area contributed by atoms with Crippen molar-refractivity contribution < 1.29 is 48.0 Å². The Kier molecular flexibility index (Phi) is 11.1. The van der Waals surface area contributed by atoms with Gasteiger partial charge in [0.05, 0.1) is 24.2 Å². The maximum absolute atomic E-state index is 13.2. The lowest BCUT2D eigenvalue weighted by molar-refractivity contribution is -0.303. The molecule has 284 valence electrons. The van der Waals surface area contributed by atoms with Gasteiger partial charge in [-0.1, -0.05) is 63.8 Å². The van der Waals surface area contributed by atoms with Gasteiger partial charge in [0.15, 0.2) is 6.10 Å². The maximum Gasteiger partial charge on any atom is 0.303 e. The van der Waals surface area contributed by atoms with Crippen LogP contribution in [0.5, 0.6) is 0 Å². The number of esters is 4. The standard InChI is InChI=1S/C42H56O10/c1-11-31-15-12-13-16-32(31)24(2)22-42(47)25(3)21-35(50-28(6)44)40(10)34(42)18-19-39(9)33-17-14-20-48-23-41(33,26(4)49-27(5)43)38(52-30(8)46)36(37(39)40)51-29(7)45/h12-17,21,26,33-38,47H,2,11,18-20,22-23H2,1,3-10H3/t26-,33?,34?,35-,36+,37?,38+,39+,40-,41-,42?/m1/s1. The van der Waals surface area contributed by atoms with Gasteiger partial charge in [-0.2, -0.15) is 0 Å². The Morgan fingerprint density at radius 3 is 2.27 bits per heavy atom. The number of hydrogen-bond donors (Lipinski definition) is 1. The largest absolute Gasteiger partial charge is 0.462 e. The Hall–Kier alpha value is -3.76. The van der Waals surface area contributed by atoms with E-state index in [0.717, 1.165) is 23.1 Å². The number of rotatable bonds is 9. The highest BCUT2D eigenvalue weighted by atomic mass is 16.6. The van der Waals surface area contributed by atoms with Crippen LogP contribution in [0.25, 0.3) is 5.57 Å². The number of benzene rings is 1. The summed E-state index contributed by atoms with van der Waals surface area (Å²) in [6.45, 7) is 19.9. The minimum atomic E-state index is -1.43. The molecule has 0 bridgehead atoms. The summed E-state index contributed by atoms with van der Waals surface area (Å²) in [5.74, 6) is -3.80. The van der Waals surface area contributed by atoms with Crippen LogP contribution in [0, 0.1) is 34.0 Å². The van der Waals surface area contributed by atoms with Gasteiger partial charge in [0.25, 0.3) is 0 Å². The molecule has 3 aliphatic carbocycles. The Bertz CT molecular complexity index is 1660. The number of ether oxygens (including phenoxy) is 5. The van der Waals surface area contributed by atoms with Crippen molar-refractivity contribution in [2.24, 2.45) is 34.0 Å². The van der Waals surface area contributed by atoms with E-state index in [1.54, 1.807) is 6.92 Å². The average molecular weight is 721 g/mol. The quantitative estimate of drug-likeness (QED) is 0.175. The van der Waals surface area contributed by atoms with Crippen LogP contribution in [0.2, 0.25) is 0 Å². The molecule has 0 radical (unpaired) electrons. The lowest BCUT2D eigenvalue weighted by Gasteiger charge is -2.71. The smallest absolute Gasteiger partial charge is 0.303 e. The van der Waals surface area contributed by atoms with Crippen molar-refractivity contribution in [2.45, 2.75) is 118 Å². The molecule has 4 aliphatic rings. The van der Waals surface area contributed by atoms with Gasteiger partial charge in [0.2, 0.25) is 0 Å². The van der Waals surface area contributed by atoms with Crippen LogP contribution in [0.4, 0.5) is 0 Å². The second kappa shape index (κ2) is 14.6. The van der Waals surface area contributed by atoms with E-state index in [4.69, 9.17) is 23.7 Å². The van der Waals surface area contributed by atoms with Gasteiger partial charge in [-0.3, -0.25) is 19.2 Å². The number of allylic oxidation sites excluding steroid dienone is 1. The molecule has 52 heavy (non-hydrogen) atoms. The van der Waals surface area contributed by atoms with E-state index in [1.807, 2.05) is 44.2 Å². The third-order valence-corrected chi connectivity index (χ3v) is 13.0. The molecule has 11 atom stereocenters. The van der Waals surface area contributed by atoms with Crippen molar-refractivity contribution in [3.8, 4) is 0 Å². The zero-order valence-corrected chi connectivity index (χ0v) is 32.2. The molecular formula is C42H56O10. The van der Waals surface area contributed by atoms with E-state index in [1.165, 1.54) is 27.7 Å². The molecule has 0 amide bonds. The second-order valence-electron chi connectivity index (χ2n) is 15.9. The van der Waals surface area contributed by atoms with Gasteiger partial charge in [-0.05, 0) is 72.8 Å². The fourth-order valence-corrected chi connectivity index (χ4v) is 11.1. The Morgan fingerprint density at radius 2 is 1.65 bits per heavy atom. The molecule has 1 N–H and O–H groups in total. The van der Waals surface area contributed by atoms with Crippen molar-refractivity contribution in [2.75, 3.05) is 13.2 Å². The highest BCUT2D eigenvalue weighted by Gasteiger charge is 2.76. The van der Waals surface area contributed by atoms with Crippen molar-refractivity contribution in [1.82, 2.24) is 0 Å². The monoisotopic (exact) mass is 720 g/mol. The molecule has 5 rings (SSSR count). The van der Waals surface area contributed by atoms with Crippen LogP contribution in [0.3, 0.4) is 0 Å². The predicted molar refractivity (Wildman–Crippen MR) is 194 cm³/mol. The Balaban J connectivity index is 1.79. The normalized spacial score (nSPS) is 37.1. The fraction of sp³-hybridized carbons (Fsp3) is 0.619. The number of carbonyl (C=O) groups is 4. The Labute approximate surface area is 307 Å². The topological polar surface area (TPSA) is 135 Å². The molecule has 2 saturated carbocycles. The summed E-state index contributed by atoms with van der Waals surface area (Å²) in [5, 5.41) is 13.2. The van der Waals surface area contributed by atoms with E-state index in [0.29, 0.717) is 18.4 Å². The molecule has 1 heterocycles. The summed E-state index contributed by atoms with van der Waals surface area (Å²) in [4.78, 5) is 51.8. The molecule has 1 aromatic rings. The van der Waals surface area contributed by atoms with Crippen molar-refractivity contribution in [1.29, 1.82) is 0 Å². The average Bonchev–Trinajstić information content (AvgIpc) is 3.29. The SMILES string of the molecule is C=C(CC1(O)C(C)=C[C@@H](OC(C)=O)[C@@]2(C)C1CC[C@]1(C)C2[C@H](OC(C)=O)[C@H](OC(C)=O)[C@@]2([C@@H](C)OC(C)=O)COCC=CC12)c1ccccc1CC. The molecule has 0 saturated heterocycles. The number of carbonyl (C=O) groups excluding carboxylic acids is 4. The van der Waals surface area contributed by atoms with Gasteiger partial charge in [0.1, 0.15) is 18.3 Å². The molecule has 0 aromatic heterocycles. The summed E-state index contributed by atoms with van der Waals surface area (Å²) in [6, 6.07) is 8.05. The summed E-state index contributed by atoms with van der Waals surface area (Å²) < 4.78 is 30.9. The van der Waals surface area contributed by atoms with E-state index in [-0.39, 0.29) is 19.6 Å². The molecule has 10 nitrogen and oxygen atoms in total. The summed E-state index contributed by atoms with van der Waals surface area (Å²) in [7, 11) is 0. The summed E-state index contributed by atoms with van der Waals surface area (Å²) >= 11 is 0. The van der Waals surface area contributed by atoms with Crippen LogP contribution in [-0.4, -0.2) is 72.2 Å². The lowest BCUT2D eigenvalue weighted by atomic mass is 9.35. The zero-order chi connectivity index (χ0) is 38.4. The highest BCUT2D eigenvalue weighted by Crippen LogP contribution is 2.72. The van der Waals surface area contributed by atoms with Gasteiger partial charge in [-0.25, -0.2) is 0 Å². The van der Waals surface area contributed by atoms with E-state index >= 15 is 0 Å². The van der Waals surface area contributed by atoms with Gasteiger partial charge in [-0.15, -0.1) is 0 Å². The maximum atomic E-state index is 13.2. The van der Waals surface area contributed by atoms with Crippen molar-refractivity contribution >= 4 is 29.5 Å². The van der Waals surface area contributed by atoms with E-state index < -0.39 is 87.9 Å². The summed E-state index contributed by atoms with van der Waals surface area (Å²) in [5.41, 5.74) is -0.873. The first kappa shape index (κ1) is 39.4. The fourth-order valence-electron chi connectivity index (χ4n) is 11.1. The Morgan fingerprint density at radius 1 is 1.00 bits per heavy atom. The summed E-state index contributed by atoms with van der Waals surface area (Å²) in [6.07, 6.45) is 3.99. The number of fused-ring (bicyclic) bond motifs is 5. The lowest BCUT2D eigenvalue weighted by Crippen LogP contribution is -2.76. The minimum absolute atomic E-state index is 0.0459. The minimum Gasteiger partial charge on any atom is -0.462 e. The molecule has 1 aromatic carbocycles. The first-order valence-electron chi connectivity index (χ1n) is 18.5. The van der Waals surface area contributed by atoms with Crippen LogP contribution in [0.15, 0.2) is 54.6 Å². The van der Waals surface area contributed by atoms with E-state index in [2.05, 4.69) is 32.6 Å². The molecule has 0 spiro atoms. The first-order valence-corrected chi connectivity index (χ1v) is 18.5. The molecule has 4 unspecified atom stereocenters. The third-order valence-electron chi connectivity index (χ3n) is 13.0. The number of hydrogen-bond acceptors (Lipinski definition) is 10. The van der Waals surface area contributed by atoms with Gasteiger partial charge >= 0.3 is 23.9 Å². The van der Waals surface area contributed by atoms with Crippen LogP contribution < -0.4 is 0 Å². The highest BCUT2D eigenvalue weighted by molar-refractivity contribution is 5.70. The molecule has 2 fully saturated rings. The molecule has 10 heteroatoms. The van der Waals surface area contributed by atoms with Crippen molar-refractivity contribution in [3.05, 3.63) is 65.8 Å². The molecule has 1 aliphatic heterocycles.